The first-order valence-corrected chi connectivity index (χ1v) is 8.14. The van der Waals surface area contributed by atoms with Crippen molar-refractivity contribution >= 4 is 17.0 Å². The van der Waals surface area contributed by atoms with E-state index in [-0.39, 0.29) is 0 Å². The molecule has 3 nitrogen and oxygen atoms in total. The fourth-order valence-corrected chi connectivity index (χ4v) is 3.61. The first kappa shape index (κ1) is 12.4. The third-order valence-electron chi connectivity index (χ3n) is 4.15. The lowest BCUT2D eigenvalue weighted by Gasteiger charge is -2.11. The molecule has 20 heavy (non-hydrogen) atoms. The molecule has 1 aliphatic heterocycles. The summed E-state index contributed by atoms with van der Waals surface area (Å²) in [7, 11) is 2.16. The molecule has 1 aliphatic carbocycles. The van der Waals surface area contributed by atoms with E-state index in [1.165, 1.54) is 34.5 Å². The summed E-state index contributed by atoms with van der Waals surface area (Å²) < 4.78 is 0. The SMILES string of the molecule is CN1CCc2cc(-c3ncc(CNC4CC4)s3)ccc21. The van der Waals surface area contributed by atoms with Crippen LogP contribution >= 0.6 is 11.3 Å². The number of nitrogens with one attached hydrogen (secondary N) is 1. The van der Waals surface area contributed by atoms with Gasteiger partial charge in [0.15, 0.2) is 0 Å². The predicted molar refractivity (Wildman–Crippen MR) is 84.4 cm³/mol. The maximum absolute atomic E-state index is 4.59. The van der Waals surface area contributed by atoms with Crippen LogP contribution in [0.1, 0.15) is 23.3 Å². The number of fused-ring (bicyclic) bond motifs is 1. The number of thiazole rings is 1. The highest BCUT2D eigenvalue weighted by molar-refractivity contribution is 7.15. The second-order valence-electron chi connectivity index (χ2n) is 5.80. The number of likely N-dealkylation sites (N-methyl/N-ethyl adjacent to an activating group) is 1. The molecular weight excluding hydrogens is 266 g/mol. The summed E-state index contributed by atoms with van der Waals surface area (Å²) >= 11 is 1.81. The molecule has 0 bridgehead atoms. The molecule has 1 fully saturated rings. The van der Waals surface area contributed by atoms with Crippen molar-refractivity contribution in [3.63, 3.8) is 0 Å². The monoisotopic (exact) mass is 285 g/mol. The van der Waals surface area contributed by atoms with E-state index >= 15 is 0 Å². The smallest absolute Gasteiger partial charge is 0.123 e. The van der Waals surface area contributed by atoms with Gasteiger partial charge in [0.25, 0.3) is 0 Å². The third kappa shape index (κ3) is 2.34. The highest BCUT2D eigenvalue weighted by atomic mass is 32.1. The molecule has 0 saturated heterocycles. The molecule has 0 atom stereocenters. The van der Waals surface area contributed by atoms with E-state index in [0.717, 1.165) is 30.6 Å². The van der Waals surface area contributed by atoms with Crippen LogP contribution in [-0.2, 0) is 13.0 Å². The van der Waals surface area contributed by atoms with Crippen LogP contribution < -0.4 is 10.2 Å². The van der Waals surface area contributed by atoms with Gasteiger partial charge in [0.05, 0.1) is 0 Å². The highest BCUT2D eigenvalue weighted by Crippen LogP contribution is 2.33. The number of benzene rings is 1. The minimum atomic E-state index is 0.760. The van der Waals surface area contributed by atoms with E-state index in [9.17, 15) is 0 Å². The molecule has 0 radical (unpaired) electrons. The van der Waals surface area contributed by atoms with Crippen LogP contribution in [0.4, 0.5) is 5.69 Å². The number of hydrogen-bond donors (Lipinski definition) is 1. The minimum Gasteiger partial charge on any atom is -0.374 e. The van der Waals surface area contributed by atoms with Gasteiger partial charge in [0.1, 0.15) is 5.01 Å². The summed E-state index contributed by atoms with van der Waals surface area (Å²) in [6.45, 7) is 2.10. The van der Waals surface area contributed by atoms with Gasteiger partial charge in [-0.2, -0.15) is 0 Å². The molecule has 0 unspecified atom stereocenters. The molecule has 4 heteroatoms. The van der Waals surface area contributed by atoms with E-state index in [1.54, 1.807) is 0 Å². The summed E-state index contributed by atoms with van der Waals surface area (Å²) in [5.74, 6) is 0. The Hall–Kier alpha value is -1.39. The maximum atomic E-state index is 4.59. The lowest BCUT2D eigenvalue weighted by atomic mass is 10.1. The van der Waals surface area contributed by atoms with Crippen LogP contribution in [-0.4, -0.2) is 24.6 Å². The zero-order valence-electron chi connectivity index (χ0n) is 11.7. The van der Waals surface area contributed by atoms with E-state index < -0.39 is 0 Å². The van der Waals surface area contributed by atoms with Gasteiger partial charge in [0.2, 0.25) is 0 Å². The predicted octanol–water partition coefficient (Wildman–Crippen LogP) is 3.05. The Labute approximate surface area is 123 Å². The maximum Gasteiger partial charge on any atom is 0.123 e. The van der Waals surface area contributed by atoms with Gasteiger partial charge in [-0.25, -0.2) is 4.98 Å². The standard InChI is InChI=1S/C16H19N3S/c1-19-7-6-11-8-12(2-5-15(11)19)16-18-10-14(20-16)9-17-13-3-4-13/h2,5,8,10,13,17H,3-4,6-7,9H2,1H3. The summed E-state index contributed by atoms with van der Waals surface area (Å²) in [4.78, 5) is 8.26. The van der Waals surface area contributed by atoms with Crippen LogP contribution in [0.25, 0.3) is 10.6 Å². The Morgan fingerprint density at radius 1 is 1.40 bits per heavy atom. The number of aromatic nitrogens is 1. The fourth-order valence-electron chi connectivity index (χ4n) is 2.75. The Bertz CT molecular complexity index is 630. The largest absolute Gasteiger partial charge is 0.374 e. The molecule has 104 valence electrons. The van der Waals surface area contributed by atoms with Crippen molar-refractivity contribution in [2.24, 2.45) is 0 Å². The number of nitrogens with zero attached hydrogens (tertiary/aromatic N) is 2. The van der Waals surface area contributed by atoms with Crippen molar-refractivity contribution in [3.8, 4) is 10.6 Å². The van der Waals surface area contributed by atoms with E-state index in [4.69, 9.17) is 0 Å². The number of anilines is 1. The summed E-state index contributed by atoms with van der Waals surface area (Å²) in [6.07, 6.45) is 5.85. The molecule has 0 spiro atoms. The third-order valence-corrected chi connectivity index (χ3v) is 5.20. The molecule has 1 N–H and O–H groups in total. The molecule has 0 amide bonds. The summed E-state index contributed by atoms with van der Waals surface area (Å²) in [5, 5.41) is 4.70. The Kier molecular flexibility index (Phi) is 3.00. The molecule has 2 heterocycles. The topological polar surface area (TPSA) is 28.2 Å². The molecular formula is C16H19N3S. The van der Waals surface area contributed by atoms with Crippen molar-refractivity contribution in [1.29, 1.82) is 0 Å². The normalized spacial score (nSPS) is 17.6. The van der Waals surface area contributed by atoms with Crippen molar-refractivity contribution in [2.75, 3.05) is 18.5 Å². The van der Waals surface area contributed by atoms with Gasteiger partial charge in [0, 0.05) is 48.5 Å². The Morgan fingerprint density at radius 2 is 2.30 bits per heavy atom. The minimum absolute atomic E-state index is 0.760. The van der Waals surface area contributed by atoms with Gasteiger partial charge in [-0.1, -0.05) is 0 Å². The molecule has 1 saturated carbocycles. The number of hydrogen-bond acceptors (Lipinski definition) is 4. The highest BCUT2D eigenvalue weighted by Gasteiger charge is 2.20. The molecule has 1 aromatic heterocycles. The Balaban J connectivity index is 1.54. The van der Waals surface area contributed by atoms with Gasteiger partial charge < -0.3 is 10.2 Å². The first-order valence-electron chi connectivity index (χ1n) is 7.32. The fraction of sp³-hybridized carbons (Fsp3) is 0.438. The molecule has 1 aromatic carbocycles. The molecule has 2 aromatic rings. The van der Waals surface area contributed by atoms with Crippen molar-refractivity contribution < 1.29 is 0 Å². The van der Waals surface area contributed by atoms with Crippen LogP contribution in [0.2, 0.25) is 0 Å². The van der Waals surface area contributed by atoms with Crippen LogP contribution in [0, 0.1) is 0 Å². The molecule has 4 rings (SSSR count). The van der Waals surface area contributed by atoms with Crippen molar-refractivity contribution in [2.45, 2.75) is 31.8 Å². The Morgan fingerprint density at radius 3 is 3.15 bits per heavy atom. The quantitative estimate of drug-likeness (QED) is 0.936. The van der Waals surface area contributed by atoms with Gasteiger partial charge in [-0.15, -0.1) is 11.3 Å². The van der Waals surface area contributed by atoms with E-state index in [1.807, 2.05) is 17.5 Å². The summed E-state index contributed by atoms with van der Waals surface area (Å²) in [5.41, 5.74) is 4.10. The first-order chi connectivity index (χ1) is 9.79. The van der Waals surface area contributed by atoms with E-state index in [2.05, 4.69) is 40.4 Å². The second-order valence-corrected chi connectivity index (χ2v) is 6.92. The van der Waals surface area contributed by atoms with Crippen LogP contribution in [0.15, 0.2) is 24.4 Å². The van der Waals surface area contributed by atoms with Gasteiger partial charge >= 0.3 is 0 Å². The number of rotatable bonds is 4. The van der Waals surface area contributed by atoms with Crippen LogP contribution in [0.5, 0.6) is 0 Å². The average Bonchev–Trinajstić information content (AvgIpc) is 3.05. The second kappa shape index (κ2) is 4.86. The van der Waals surface area contributed by atoms with Crippen molar-refractivity contribution in [3.05, 3.63) is 34.8 Å². The molecule has 2 aliphatic rings. The van der Waals surface area contributed by atoms with E-state index in [0.29, 0.717) is 0 Å². The lowest BCUT2D eigenvalue weighted by molar-refractivity contribution is 0.694. The van der Waals surface area contributed by atoms with Crippen molar-refractivity contribution in [1.82, 2.24) is 10.3 Å². The lowest BCUT2D eigenvalue weighted by Crippen LogP contribution is -2.14. The zero-order chi connectivity index (χ0) is 13.5. The average molecular weight is 285 g/mol. The summed E-state index contributed by atoms with van der Waals surface area (Å²) in [6, 6.07) is 7.52. The zero-order valence-corrected chi connectivity index (χ0v) is 12.5. The van der Waals surface area contributed by atoms with Gasteiger partial charge in [-0.05, 0) is 43.0 Å². The van der Waals surface area contributed by atoms with Gasteiger partial charge in [-0.3, -0.25) is 0 Å². The van der Waals surface area contributed by atoms with Crippen LogP contribution in [0.3, 0.4) is 0 Å².